The second kappa shape index (κ2) is 17.2. The maximum atomic E-state index is 11.5. The van der Waals surface area contributed by atoms with Crippen molar-refractivity contribution in [2.45, 2.75) is 98.0 Å². The lowest BCUT2D eigenvalue weighted by Gasteiger charge is -2.21. The summed E-state index contributed by atoms with van der Waals surface area (Å²) < 4.78 is 10.9. The molecule has 5 heteroatoms. The van der Waals surface area contributed by atoms with E-state index in [4.69, 9.17) is 15.2 Å². The van der Waals surface area contributed by atoms with Gasteiger partial charge in [0, 0.05) is 39.5 Å². The average molecular weight is 388 g/mol. The molecule has 1 aliphatic rings. The summed E-state index contributed by atoms with van der Waals surface area (Å²) in [6.07, 6.45) is 10.8. The molecule has 162 valence electrons. The number of rotatable bonds is 13. The first-order valence-electron chi connectivity index (χ1n) is 10.9. The molecule has 2 N–H and O–H groups in total. The van der Waals surface area contributed by atoms with E-state index in [0.717, 1.165) is 51.7 Å². The summed E-state index contributed by atoms with van der Waals surface area (Å²) in [7, 11) is 0. The van der Waals surface area contributed by atoms with Gasteiger partial charge in [-0.3, -0.25) is 9.59 Å². The van der Waals surface area contributed by atoms with Crippen molar-refractivity contribution in [2.24, 2.45) is 17.6 Å². The molecule has 1 aliphatic carbocycles. The SMILES string of the molecule is CC(C)C(=O)C1CCCCC1.CCC(C)OCCCCOCCCC(N)=O.[HH]. The molecule has 0 aromatic rings. The summed E-state index contributed by atoms with van der Waals surface area (Å²) in [6.45, 7) is 10.4. The van der Waals surface area contributed by atoms with Crippen LogP contribution in [0.25, 0.3) is 0 Å². The molecule has 1 fully saturated rings. The fourth-order valence-electron chi connectivity index (χ4n) is 3.02. The van der Waals surface area contributed by atoms with Gasteiger partial charge in [-0.1, -0.05) is 40.0 Å². The highest BCUT2D eigenvalue weighted by atomic mass is 16.5. The molecule has 0 aromatic carbocycles. The Balaban J connectivity index is 0. The van der Waals surface area contributed by atoms with Gasteiger partial charge in [0.25, 0.3) is 0 Å². The van der Waals surface area contributed by atoms with E-state index in [-0.39, 0.29) is 13.3 Å². The van der Waals surface area contributed by atoms with Crippen LogP contribution in [0, 0.1) is 11.8 Å². The van der Waals surface area contributed by atoms with E-state index >= 15 is 0 Å². The molecule has 1 rings (SSSR count). The zero-order chi connectivity index (χ0) is 20.5. The maximum absolute atomic E-state index is 11.5. The smallest absolute Gasteiger partial charge is 0.217 e. The molecule has 0 bridgehead atoms. The zero-order valence-corrected chi connectivity index (χ0v) is 18.1. The number of Topliss-reactive ketones (excluding diaryl/α,β-unsaturated/α-hetero) is 1. The molecular formula is C22H45NO4. The predicted octanol–water partition coefficient (Wildman–Crippen LogP) is 4.90. The van der Waals surface area contributed by atoms with Crippen molar-refractivity contribution in [2.75, 3.05) is 19.8 Å². The Morgan fingerprint density at radius 1 is 1.00 bits per heavy atom. The Kier molecular flexibility index (Phi) is 16.6. The second-order valence-corrected chi connectivity index (χ2v) is 7.87. The molecular weight excluding hydrogens is 342 g/mol. The number of unbranched alkanes of at least 4 members (excludes halogenated alkanes) is 1. The molecule has 0 radical (unpaired) electrons. The molecule has 1 unspecified atom stereocenters. The van der Waals surface area contributed by atoms with Gasteiger partial charge in [0.05, 0.1) is 6.10 Å². The largest absolute Gasteiger partial charge is 0.381 e. The van der Waals surface area contributed by atoms with Crippen LogP contribution in [-0.4, -0.2) is 37.6 Å². The van der Waals surface area contributed by atoms with Gasteiger partial charge in [0.1, 0.15) is 5.78 Å². The van der Waals surface area contributed by atoms with Crippen LogP contribution in [0.2, 0.25) is 0 Å². The Labute approximate surface area is 168 Å². The van der Waals surface area contributed by atoms with Crippen LogP contribution in [0.15, 0.2) is 0 Å². The number of amides is 1. The third-order valence-corrected chi connectivity index (χ3v) is 4.95. The number of carbonyl (C=O) groups excluding carboxylic acids is 2. The van der Waals surface area contributed by atoms with Crippen molar-refractivity contribution in [1.29, 1.82) is 0 Å². The first-order chi connectivity index (χ1) is 12.9. The predicted molar refractivity (Wildman–Crippen MR) is 113 cm³/mol. The van der Waals surface area contributed by atoms with Crippen LogP contribution < -0.4 is 5.73 Å². The number of nitrogens with two attached hydrogens (primary N) is 1. The molecule has 1 atom stereocenters. The third kappa shape index (κ3) is 15.8. The minimum absolute atomic E-state index is 0. The number of ether oxygens (including phenoxy) is 2. The van der Waals surface area contributed by atoms with E-state index in [9.17, 15) is 9.59 Å². The van der Waals surface area contributed by atoms with E-state index in [1.54, 1.807) is 0 Å². The first kappa shape index (κ1) is 26.1. The Hall–Kier alpha value is -0.940. The van der Waals surface area contributed by atoms with E-state index in [1.165, 1.54) is 19.3 Å². The van der Waals surface area contributed by atoms with E-state index in [2.05, 4.69) is 13.8 Å². The molecule has 1 saturated carbocycles. The summed E-state index contributed by atoms with van der Waals surface area (Å²) in [5, 5.41) is 0. The number of hydrogen-bond donors (Lipinski definition) is 1. The van der Waals surface area contributed by atoms with Crippen molar-refractivity contribution in [3.63, 3.8) is 0 Å². The fourth-order valence-corrected chi connectivity index (χ4v) is 3.02. The van der Waals surface area contributed by atoms with E-state index in [1.807, 2.05) is 13.8 Å². The molecule has 5 nitrogen and oxygen atoms in total. The topological polar surface area (TPSA) is 78.6 Å². The van der Waals surface area contributed by atoms with Crippen LogP contribution in [0.3, 0.4) is 0 Å². The summed E-state index contributed by atoms with van der Waals surface area (Å²) in [5.74, 6) is 0.886. The van der Waals surface area contributed by atoms with Crippen LogP contribution in [0.1, 0.15) is 93.3 Å². The quantitative estimate of drug-likeness (QED) is 0.456. The third-order valence-electron chi connectivity index (χ3n) is 4.95. The van der Waals surface area contributed by atoms with Crippen molar-refractivity contribution >= 4 is 11.7 Å². The summed E-state index contributed by atoms with van der Waals surface area (Å²) in [5.41, 5.74) is 5.00. The first-order valence-corrected chi connectivity index (χ1v) is 10.9. The number of carbonyl (C=O) groups is 2. The lowest BCUT2D eigenvalue weighted by atomic mass is 9.83. The minimum atomic E-state index is -0.259. The van der Waals surface area contributed by atoms with Crippen LogP contribution in [-0.2, 0) is 19.1 Å². The lowest BCUT2D eigenvalue weighted by molar-refractivity contribution is -0.126. The molecule has 27 heavy (non-hydrogen) atoms. The van der Waals surface area contributed by atoms with Gasteiger partial charge >= 0.3 is 0 Å². The molecule has 0 aliphatic heterocycles. The van der Waals surface area contributed by atoms with Crippen LogP contribution in [0.5, 0.6) is 0 Å². The average Bonchev–Trinajstić information content (AvgIpc) is 2.66. The molecule has 0 heterocycles. The highest BCUT2D eigenvalue weighted by Gasteiger charge is 2.22. The Bertz CT molecular complexity index is 385. The van der Waals surface area contributed by atoms with Crippen molar-refractivity contribution in [3.8, 4) is 0 Å². The van der Waals surface area contributed by atoms with Gasteiger partial charge < -0.3 is 15.2 Å². The van der Waals surface area contributed by atoms with Gasteiger partial charge in [-0.25, -0.2) is 0 Å². The van der Waals surface area contributed by atoms with Crippen LogP contribution >= 0.6 is 0 Å². The van der Waals surface area contributed by atoms with E-state index in [0.29, 0.717) is 30.8 Å². The second-order valence-electron chi connectivity index (χ2n) is 7.87. The lowest BCUT2D eigenvalue weighted by Crippen LogP contribution is -2.21. The number of hydrogen-bond acceptors (Lipinski definition) is 4. The van der Waals surface area contributed by atoms with Gasteiger partial charge in [0.15, 0.2) is 0 Å². The maximum Gasteiger partial charge on any atom is 0.217 e. The highest BCUT2D eigenvalue weighted by Crippen LogP contribution is 2.26. The fraction of sp³-hybridized carbons (Fsp3) is 0.909. The minimum Gasteiger partial charge on any atom is -0.381 e. The van der Waals surface area contributed by atoms with Crippen molar-refractivity contribution in [1.82, 2.24) is 0 Å². The van der Waals surface area contributed by atoms with Crippen molar-refractivity contribution in [3.05, 3.63) is 0 Å². The van der Waals surface area contributed by atoms with Crippen molar-refractivity contribution < 1.29 is 20.5 Å². The van der Waals surface area contributed by atoms with Gasteiger partial charge in [-0.05, 0) is 45.4 Å². The molecule has 0 aromatic heterocycles. The summed E-state index contributed by atoms with van der Waals surface area (Å²) in [6, 6.07) is 0. The Morgan fingerprint density at radius 2 is 1.59 bits per heavy atom. The molecule has 1 amide bonds. The standard InChI is InChI=1S/C12H25NO3.C10H18O.H2/c1-3-11(2)16-10-5-4-8-15-9-6-7-12(13)14;1-8(2)10(11)9-6-4-3-5-7-9;/h11H,3-10H2,1-2H3,(H2,13,14);8-9H,3-7H2,1-2H3;1H. The van der Waals surface area contributed by atoms with Crippen LogP contribution in [0.4, 0.5) is 0 Å². The molecule has 0 saturated heterocycles. The zero-order valence-electron chi connectivity index (χ0n) is 18.1. The Morgan fingerprint density at radius 3 is 2.15 bits per heavy atom. The number of ketones is 1. The normalized spacial score (nSPS) is 15.9. The van der Waals surface area contributed by atoms with Gasteiger partial charge in [-0.15, -0.1) is 0 Å². The molecule has 0 spiro atoms. The summed E-state index contributed by atoms with van der Waals surface area (Å²) >= 11 is 0. The van der Waals surface area contributed by atoms with E-state index < -0.39 is 0 Å². The van der Waals surface area contributed by atoms with Gasteiger partial charge in [-0.2, -0.15) is 0 Å². The summed E-state index contributed by atoms with van der Waals surface area (Å²) in [4.78, 5) is 21.9. The van der Waals surface area contributed by atoms with Gasteiger partial charge in [0.2, 0.25) is 5.91 Å². The monoisotopic (exact) mass is 387 g/mol. The highest BCUT2D eigenvalue weighted by molar-refractivity contribution is 5.82. The number of primary amides is 1.